The van der Waals surface area contributed by atoms with Crippen molar-refractivity contribution in [1.29, 1.82) is 5.26 Å². The van der Waals surface area contributed by atoms with E-state index in [1.807, 2.05) is 45.1 Å². The lowest BCUT2D eigenvalue weighted by Gasteiger charge is -2.33. The van der Waals surface area contributed by atoms with Gasteiger partial charge in [0, 0.05) is 31.7 Å². The van der Waals surface area contributed by atoms with Gasteiger partial charge in [-0.3, -0.25) is 4.79 Å². The first kappa shape index (κ1) is 31.5. The minimum absolute atomic E-state index is 0.0238. The highest BCUT2D eigenvalue weighted by Gasteiger charge is 2.33. The van der Waals surface area contributed by atoms with Gasteiger partial charge in [0.1, 0.15) is 23.5 Å². The number of halogens is 1. The maximum Gasteiger partial charge on any atom is 0.410 e. The number of amides is 2. The number of piperidine rings is 1. The van der Waals surface area contributed by atoms with E-state index >= 15 is 0 Å². The van der Waals surface area contributed by atoms with Gasteiger partial charge in [-0.2, -0.15) is 5.26 Å². The molecule has 2 aromatic rings. The first-order valence-corrected chi connectivity index (χ1v) is 15.5. The largest absolute Gasteiger partial charge is 0.486 e. The Morgan fingerprint density at radius 1 is 1.00 bits per heavy atom. The molecule has 1 aromatic heterocycles. The predicted molar refractivity (Wildman–Crippen MR) is 165 cm³/mol. The van der Waals surface area contributed by atoms with Gasteiger partial charge >= 0.3 is 6.09 Å². The molecular weight excluding hydrogens is 584 g/mol. The monoisotopic (exact) mass is 622 g/mol. The van der Waals surface area contributed by atoms with Crippen LogP contribution in [0.4, 0.5) is 10.6 Å². The maximum atomic E-state index is 12.8. The van der Waals surface area contributed by atoms with E-state index < -0.39 is 5.60 Å². The van der Waals surface area contributed by atoms with E-state index in [0.717, 1.165) is 38.2 Å². The second kappa shape index (κ2) is 13.8. The van der Waals surface area contributed by atoms with E-state index in [9.17, 15) is 9.59 Å². The van der Waals surface area contributed by atoms with E-state index in [1.54, 1.807) is 29.2 Å². The first-order chi connectivity index (χ1) is 21.1. The molecule has 3 heterocycles. The zero-order valence-corrected chi connectivity index (χ0v) is 26.1. The fraction of sp³-hybridized carbons (Fsp3) is 0.531. The van der Waals surface area contributed by atoms with E-state index in [0.29, 0.717) is 42.3 Å². The summed E-state index contributed by atoms with van der Waals surface area (Å²) >= 11 is 6.10. The number of hydrogen-bond donors (Lipinski definition) is 1. The van der Waals surface area contributed by atoms with Crippen molar-refractivity contribution in [2.45, 2.75) is 82.8 Å². The number of ether oxygens (including phenoxy) is 3. The van der Waals surface area contributed by atoms with Gasteiger partial charge < -0.3 is 29.3 Å². The average molecular weight is 623 g/mol. The number of hydrogen-bond acceptors (Lipinski definition) is 9. The molecule has 2 aliphatic heterocycles. The Kier molecular flexibility index (Phi) is 9.91. The molecule has 0 unspecified atom stereocenters. The maximum absolute atomic E-state index is 12.8. The summed E-state index contributed by atoms with van der Waals surface area (Å²) in [6.07, 6.45) is 7.50. The standard InChI is InChI=1S/C32H39ClN6O5/c1-32(2,3)44-31(41)39-17-14-26(20-39)43-24-12-15-38(16-13-24)29-11-10-28(36-37-29)30(40)35-22-5-8-23(9-6-22)42-25-7-4-21(19-34)27(33)18-25/h4-5,7-8,10-11,18,22-24,26H,6,9,12-17,20H2,1-3H3,(H,35,40)/t22-,23-,26-/m0/s1. The molecule has 44 heavy (non-hydrogen) atoms. The number of rotatable bonds is 7. The predicted octanol–water partition coefficient (Wildman–Crippen LogP) is 4.89. The van der Waals surface area contributed by atoms with Crippen LogP contribution in [0.1, 0.15) is 68.9 Å². The van der Waals surface area contributed by atoms with Gasteiger partial charge in [0.15, 0.2) is 11.5 Å². The van der Waals surface area contributed by atoms with Crippen molar-refractivity contribution in [3.63, 3.8) is 0 Å². The molecule has 1 N–H and O–H groups in total. The van der Waals surface area contributed by atoms with Gasteiger partial charge in [-0.05, 0) is 83.2 Å². The third-order valence-corrected chi connectivity index (χ3v) is 8.13. The molecule has 0 spiro atoms. The van der Waals surface area contributed by atoms with Gasteiger partial charge in [-0.1, -0.05) is 17.7 Å². The summed E-state index contributed by atoms with van der Waals surface area (Å²) in [5.41, 5.74) is 0.162. The normalized spacial score (nSPS) is 22.4. The number of nitriles is 1. The van der Waals surface area contributed by atoms with E-state index in [-0.39, 0.29) is 42.0 Å². The lowest BCUT2D eigenvalue weighted by Crippen LogP contribution is -2.40. The average Bonchev–Trinajstić information content (AvgIpc) is 3.47. The van der Waals surface area contributed by atoms with Crippen LogP contribution in [0.2, 0.25) is 5.02 Å². The Balaban J connectivity index is 1.03. The van der Waals surface area contributed by atoms with Crippen molar-refractivity contribution >= 4 is 29.4 Å². The Morgan fingerprint density at radius 2 is 1.77 bits per heavy atom. The van der Waals surface area contributed by atoms with E-state index in [2.05, 4.69) is 20.4 Å². The van der Waals surface area contributed by atoms with E-state index in [4.69, 9.17) is 31.1 Å². The van der Waals surface area contributed by atoms with Crippen LogP contribution in [-0.2, 0) is 9.47 Å². The second-order valence-corrected chi connectivity index (χ2v) is 12.8. The van der Waals surface area contributed by atoms with Crippen LogP contribution in [0, 0.1) is 11.3 Å². The molecule has 12 heteroatoms. The summed E-state index contributed by atoms with van der Waals surface area (Å²) in [6.45, 7) is 8.37. The zero-order valence-electron chi connectivity index (χ0n) is 25.4. The number of aromatic nitrogens is 2. The van der Waals surface area contributed by atoms with Crippen LogP contribution in [0.5, 0.6) is 5.75 Å². The zero-order chi connectivity index (χ0) is 31.3. The highest BCUT2D eigenvalue weighted by Crippen LogP contribution is 2.26. The fourth-order valence-corrected chi connectivity index (χ4v) is 5.74. The molecule has 11 nitrogen and oxygen atoms in total. The highest BCUT2D eigenvalue weighted by molar-refractivity contribution is 6.31. The lowest BCUT2D eigenvalue weighted by atomic mass is 10.00. The van der Waals surface area contributed by atoms with Crippen molar-refractivity contribution in [3.05, 3.63) is 58.8 Å². The molecule has 2 fully saturated rings. The third kappa shape index (κ3) is 8.39. The van der Waals surface area contributed by atoms with Crippen LogP contribution in [0.25, 0.3) is 0 Å². The first-order valence-electron chi connectivity index (χ1n) is 15.1. The fourth-order valence-electron chi connectivity index (χ4n) is 5.53. The smallest absolute Gasteiger partial charge is 0.410 e. The number of likely N-dealkylation sites (tertiary alicyclic amines) is 1. The van der Waals surface area contributed by atoms with Crippen molar-refractivity contribution in [2.24, 2.45) is 0 Å². The molecular formula is C32H39ClN6O5. The Morgan fingerprint density at radius 3 is 2.41 bits per heavy atom. The Labute approximate surface area is 263 Å². The van der Waals surface area contributed by atoms with Crippen molar-refractivity contribution < 1.29 is 23.8 Å². The summed E-state index contributed by atoms with van der Waals surface area (Å²) in [7, 11) is 0. The summed E-state index contributed by atoms with van der Waals surface area (Å²) in [5.74, 6) is 1.05. The third-order valence-electron chi connectivity index (χ3n) is 7.82. The van der Waals surface area contributed by atoms with Crippen LogP contribution in [-0.4, -0.2) is 83.2 Å². The SMILES string of the molecule is CC(C)(C)OC(=O)N1CC[C@H](OC2CCN(c3ccc(C(=O)N[C@H]4C=C[C@H](Oc5ccc(C#N)c(Cl)c5)CC4)nn3)CC2)C1. The van der Waals surface area contributed by atoms with Gasteiger partial charge in [0.2, 0.25) is 0 Å². The summed E-state index contributed by atoms with van der Waals surface area (Å²) < 4.78 is 17.8. The number of anilines is 1. The van der Waals surface area contributed by atoms with Gasteiger partial charge in [-0.25, -0.2) is 4.79 Å². The van der Waals surface area contributed by atoms with Crippen molar-refractivity contribution in [3.8, 4) is 11.8 Å². The molecule has 5 rings (SSSR count). The van der Waals surface area contributed by atoms with Crippen LogP contribution in [0.15, 0.2) is 42.5 Å². The van der Waals surface area contributed by atoms with Gasteiger partial charge in [0.25, 0.3) is 5.91 Å². The van der Waals surface area contributed by atoms with Crippen molar-refractivity contribution in [1.82, 2.24) is 20.4 Å². The van der Waals surface area contributed by atoms with Crippen LogP contribution >= 0.6 is 11.6 Å². The molecule has 1 aliphatic carbocycles. The number of carbonyl (C=O) groups excluding carboxylic acids is 2. The topological polar surface area (TPSA) is 130 Å². The molecule has 1 aromatic carbocycles. The molecule has 3 atom stereocenters. The quantitative estimate of drug-likeness (QED) is 0.429. The van der Waals surface area contributed by atoms with Crippen LogP contribution < -0.4 is 15.0 Å². The highest BCUT2D eigenvalue weighted by atomic mass is 35.5. The Hall–Kier alpha value is -3.88. The van der Waals surface area contributed by atoms with Gasteiger partial charge in [0.05, 0.1) is 29.3 Å². The summed E-state index contributed by atoms with van der Waals surface area (Å²) in [4.78, 5) is 29.1. The minimum atomic E-state index is -0.508. The molecule has 2 saturated heterocycles. The van der Waals surface area contributed by atoms with Crippen LogP contribution in [0.3, 0.4) is 0 Å². The number of nitrogens with zero attached hydrogens (tertiary/aromatic N) is 5. The van der Waals surface area contributed by atoms with Crippen molar-refractivity contribution in [2.75, 3.05) is 31.1 Å². The second-order valence-electron chi connectivity index (χ2n) is 12.4. The summed E-state index contributed by atoms with van der Waals surface area (Å²) in [5, 5.41) is 20.9. The Bertz CT molecular complexity index is 1400. The molecule has 2 amide bonds. The number of nitrogens with one attached hydrogen (secondary N) is 1. The van der Waals surface area contributed by atoms with E-state index in [1.165, 1.54) is 0 Å². The number of benzene rings is 1. The molecule has 0 saturated carbocycles. The molecule has 3 aliphatic rings. The lowest BCUT2D eigenvalue weighted by molar-refractivity contribution is -0.0209. The summed E-state index contributed by atoms with van der Waals surface area (Å²) in [6, 6.07) is 10.4. The number of carbonyl (C=O) groups is 2. The minimum Gasteiger partial charge on any atom is -0.486 e. The van der Waals surface area contributed by atoms with Gasteiger partial charge in [-0.15, -0.1) is 10.2 Å². The molecule has 0 bridgehead atoms. The molecule has 234 valence electrons. The molecule has 0 radical (unpaired) electrons.